The summed E-state index contributed by atoms with van der Waals surface area (Å²) in [5.74, 6) is -17.6. The molecule has 7 amide bonds. The van der Waals surface area contributed by atoms with E-state index >= 15 is 19.2 Å². The number of hydrogen-bond acceptors (Lipinski definition) is 22. The first-order valence-electron chi connectivity index (χ1n) is 38.0. The molecule has 0 saturated heterocycles. The quantitative estimate of drug-likeness (QED) is 0.0116. The molecule has 47 heteroatoms. The zero-order valence-corrected chi connectivity index (χ0v) is 67.1. The van der Waals surface area contributed by atoms with E-state index in [0.29, 0.717) is 0 Å². The van der Waals surface area contributed by atoms with Crippen LogP contribution in [-0.2, 0) is 57.5 Å². The third kappa shape index (κ3) is 50.9. The highest BCUT2D eigenvalue weighted by molar-refractivity contribution is 7.80. The van der Waals surface area contributed by atoms with Gasteiger partial charge in [0.25, 0.3) is 0 Å². The molecule has 44 N–H and O–H groups in total. The molecule has 0 aliphatic rings. The van der Waals surface area contributed by atoms with E-state index < -0.39 is 162 Å². The van der Waals surface area contributed by atoms with Crippen LogP contribution >= 0.6 is 12.6 Å². The SMILES string of the molecule is CC(C)C(=O)NCC(=O)C[C@H](CCCN=C(N)N)C(=O)N[C@H](CCCN=C(N)N)C(=O)C[C@H](CCCN=C(N)N)C(=O)N[C@H](CCCN=C(N)N)C(=O)C[C@H](CCCN=C(N)N)C(=O)N[C@H](CCCN=C(N)N)C(=O)C[C@H](CCCN=C(N)N)C(=O)N[C@H](CCCN=C(N)N)C(=O)C[C@H](CCCN=C(N)N)C(=O)N[C@H](CS)C(N)=O. The van der Waals surface area contributed by atoms with Gasteiger partial charge in [0.05, 0.1) is 30.7 Å². The number of rotatable bonds is 65. The lowest BCUT2D eigenvalue weighted by Crippen LogP contribution is -2.50. The molecule has 0 aliphatic heterocycles. The fraction of sp³-hybridized carbons (Fsp3) is 0.691. The van der Waals surface area contributed by atoms with Crippen molar-refractivity contribution in [3.8, 4) is 0 Å². The molecule has 0 unspecified atom stereocenters. The maximum Gasteiger partial charge on any atom is 0.240 e. The van der Waals surface area contributed by atoms with Crippen LogP contribution in [0.4, 0.5) is 0 Å². The Hall–Kier alpha value is -11.6. The Bertz CT molecular complexity index is 3390. The molecule has 0 aliphatic carbocycles. The van der Waals surface area contributed by atoms with Gasteiger partial charge < -0.3 is 141 Å². The molecular formula is C68H130N34O12S. The van der Waals surface area contributed by atoms with Crippen molar-refractivity contribution >= 4 is 137 Å². The Labute approximate surface area is 675 Å². The van der Waals surface area contributed by atoms with Gasteiger partial charge in [0.1, 0.15) is 6.04 Å². The van der Waals surface area contributed by atoms with Crippen LogP contribution in [0.5, 0.6) is 0 Å². The molecule has 0 spiro atoms. The van der Waals surface area contributed by atoms with Gasteiger partial charge in [-0.05, 0) is 116 Å². The largest absolute Gasteiger partial charge is 0.370 e. The second kappa shape index (κ2) is 59.2. The van der Waals surface area contributed by atoms with Gasteiger partial charge in [0, 0.05) is 132 Å². The molecule has 0 fully saturated rings. The number of carbonyl (C=O) groups is 12. The summed E-state index contributed by atoms with van der Waals surface area (Å²) in [6.07, 6.45) is -2.38. The summed E-state index contributed by atoms with van der Waals surface area (Å²) in [7, 11) is 0. The highest BCUT2D eigenvalue weighted by Crippen LogP contribution is 2.24. The average Bonchev–Trinajstić information content (AvgIpc) is 0.864. The number of nitrogens with zero attached hydrogens (tertiary/aromatic N) is 9. The molecule has 0 bridgehead atoms. The first-order valence-corrected chi connectivity index (χ1v) is 38.6. The van der Waals surface area contributed by atoms with Crippen LogP contribution in [0.15, 0.2) is 44.9 Å². The Kier molecular flexibility index (Phi) is 53.2. The van der Waals surface area contributed by atoms with E-state index in [0.717, 1.165) is 0 Å². The third-order valence-electron chi connectivity index (χ3n) is 17.6. The van der Waals surface area contributed by atoms with E-state index in [1.54, 1.807) is 13.8 Å². The Morgan fingerprint density at radius 3 is 0.617 bits per heavy atom. The normalized spacial score (nSPS) is 13.4. The molecule has 10 atom stereocenters. The second-order valence-electron chi connectivity index (χ2n) is 27.7. The molecule has 650 valence electrons. The maximum absolute atomic E-state index is 15.2. The van der Waals surface area contributed by atoms with Crippen molar-refractivity contribution in [2.75, 3.05) is 71.2 Å². The fourth-order valence-corrected chi connectivity index (χ4v) is 11.8. The highest BCUT2D eigenvalue weighted by Gasteiger charge is 2.37. The predicted octanol–water partition coefficient (Wildman–Crippen LogP) is -9.04. The van der Waals surface area contributed by atoms with Gasteiger partial charge in [-0.2, -0.15) is 12.6 Å². The van der Waals surface area contributed by atoms with Crippen molar-refractivity contribution in [2.45, 2.75) is 192 Å². The maximum atomic E-state index is 15.2. The molecule has 46 nitrogen and oxygen atoms in total. The first kappa shape index (κ1) is 103. The number of amides is 7. The number of guanidine groups is 9. The predicted molar refractivity (Wildman–Crippen MR) is 445 cm³/mol. The van der Waals surface area contributed by atoms with E-state index in [-0.39, 0.29) is 247 Å². The van der Waals surface area contributed by atoms with Crippen molar-refractivity contribution in [1.29, 1.82) is 0 Å². The first-order chi connectivity index (χ1) is 54.2. The van der Waals surface area contributed by atoms with Crippen LogP contribution in [-0.4, -0.2) is 225 Å². The minimum Gasteiger partial charge on any atom is -0.370 e. The number of aliphatic imine (C=N–C) groups is 9. The van der Waals surface area contributed by atoms with Crippen LogP contribution in [0, 0.1) is 35.5 Å². The fourth-order valence-electron chi connectivity index (χ4n) is 11.6. The molecule has 115 heavy (non-hydrogen) atoms. The van der Waals surface area contributed by atoms with Crippen molar-refractivity contribution in [3.05, 3.63) is 0 Å². The van der Waals surface area contributed by atoms with Crippen molar-refractivity contribution in [3.63, 3.8) is 0 Å². The van der Waals surface area contributed by atoms with Gasteiger partial charge in [0.15, 0.2) is 82.6 Å². The van der Waals surface area contributed by atoms with Gasteiger partial charge in [-0.25, -0.2) is 0 Å². The summed E-state index contributed by atoms with van der Waals surface area (Å²) in [5, 5.41) is 16.2. The number of nitrogens with two attached hydrogens (primary N) is 19. The van der Waals surface area contributed by atoms with Crippen LogP contribution < -0.4 is 141 Å². The van der Waals surface area contributed by atoms with Gasteiger partial charge in [-0.1, -0.05) is 13.8 Å². The number of hydrogen-bond donors (Lipinski definition) is 26. The number of Topliss-reactive ketones (excluding diaryl/α,β-unsaturated/α-hetero) is 5. The summed E-state index contributed by atoms with van der Waals surface area (Å²) >= 11 is 4.12. The third-order valence-corrected chi connectivity index (χ3v) is 17.9. The van der Waals surface area contributed by atoms with Crippen molar-refractivity contribution < 1.29 is 57.5 Å². The Morgan fingerprint density at radius 2 is 0.443 bits per heavy atom. The molecule has 0 saturated carbocycles. The number of nitrogens with one attached hydrogen (secondary N) is 6. The zero-order chi connectivity index (χ0) is 87.1. The van der Waals surface area contributed by atoms with Crippen LogP contribution in [0.1, 0.15) is 162 Å². The Morgan fingerprint density at radius 1 is 0.261 bits per heavy atom. The smallest absolute Gasteiger partial charge is 0.240 e. The molecule has 0 radical (unpaired) electrons. The molecule has 0 aromatic rings. The Balaban J connectivity index is 8.13. The summed E-state index contributed by atoms with van der Waals surface area (Å²) in [6, 6.07) is -6.79. The van der Waals surface area contributed by atoms with Gasteiger partial charge >= 0.3 is 0 Å². The lowest BCUT2D eigenvalue weighted by Gasteiger charge is -2.27. The summed E-state index contributed by atoms with van der Waals surface area (Å²) in [6.45, 7) is 2.83. The summed E-state index contributed by atoms with van der Waals surface area (Å²) in [5.41, 5.74) is 107. The van der Waals surface area contributed by atoms with E-state index in [2.05, 4.69) is 89.5 Å². The molecular weight excluding hydrogens is 1520 g/mol. The standard InChI is InChI=1S/C68H130N34O12S/c1-37(2)54(109)97-35-43(103)30-38(12-3-21-88-60(70)71)55(110)98-44(17-8-26-93-65(80)81)49(104)31-39(13-4-22-89-61(72)73)56(111)99-45(18-9-27-94-66(82)83)50(105)32-40(14-5-23-90-62(74)75)57(112)100-46(19-10-28-95-67(84)85)51(106)33-41(15-6-24-91-63(76)77)58(113)101-47(20-11-29-96-68(86)87)52(107)34-42(16-7-25-92-64(78)79)59(114)102-48(36-115)53(69)108/h37-42,44-48,115H,3-36H2,1-2H3,(H2,69,108)(H,97,109)(H,98,110)(H,99,111)(H,100,112)(H,101,113)(H,102,114)(H4,70,71,88)(H4,72,73,89)(H4,74,75,90)(H4,76,77,91)(H4,78,79,92)(H4,80,81,93)(H4,82,83,94)(H4,84,85,95)(H4,86,87,96)/t38-,39-,40-,41-,42-,44+,45+,46+,47+,48+/m0/s1. The number of thiol groups is 1. The van der Waals surface area contributed by atoms with E-state index in [9.17, 15) is 38.4 Å². The van der Waals surface area contributed by atoms with Crippen molar-refractivity contribution in [2.24, 2.45) is 189 Å². The van der Waals surface area contributed by atoms with Gasteiger partial charge in [-0.3, -0.25) is 102 Å². The lowest BCUT2D eigenvalue weighted by atomic mass is 9.88. The monoisotopic (exact) mass is 1650 g/mol. The number of primary amides is 1. The minimum absolute atomic E-state index is 0.00448. The van der Waals surface area contributed by atoms with Crippen molar-refractivity contribution in [1.82, 2.24) is 31.9 Å². The minimum atomic E-state index is -1.44. The van der Waals surface area contributed by atoms with Gasteiger partial charge in [0.2, 0.25) is 41.4 Å². The second-order valence-corrected chi connectivity index (χ2v) is 28.1. The average molecular weight is 1650 g/mol. The molecule has 0 heterocycles. The summed E-state index contributed by atoms with van der Waals surface area (Å²) < 4.78 is 0. The summed E-state index contributed by atoms with van der Waals surface area (Å²) in [4.78, 5) is 207. The highest BCUT2D eigenvalue weighted by atomic mass is 32.1. The van der Waals surface area contributed by atoms with Crippen LogP contribution in [0.2, 0.25) is 0 Å². The molecule has 0 rings (SSSR count). The zero-order valence-electron chi connectivity index (χ0n) is 66.2. The van der Waals surface area contributed by atoms with E-state index in [4.69, 9.17) is 109 Å². The van der Waals surface area contributed by atoms with E-state index in [1.165, 1.54) is 0 Å². The molecule has 0 aromatic heterocycles. The lowest BCUT2D eigenvalue weighted by molar-refractivity contribution is -0.136. The van der Waals surface area contributed by atoms with Gasteiger partial charge in [-0.15, -0.1) is 0 Å². The molecule has 0 aromatic carbocycles. The van der Waals surface area contributed by atoms with Crippen LogP contribution in [0.3, 0.4) is 0 Å². The number of ketones is 5. The van der Waals surface area contributed by atoms with E-state index in [1.807, 2.05) is 0 Å². The topological polar surface area (TPSA) is 883 Å². The number of carbonyl (C=O) groups excluding carboxylic acids is 12. The van der Waals surface area contributed by atoms with Crippen LogP contribution in [0.25, 0.3) is 0 Å².